The van der Waals surface area contributed by atoms with Gasteiger partial charge >= 0.3 is 0 Å². The van der Waals surface area contributed by atoms with Gasteiger partial charge in [-0.3, -0.25) is 9.59 Å². The topological polar surface area (TPSA) is 70.2 Å². The predicted octanol–water partition coefficient (Wildman–Crippen LogP) is 2.30. The monoisotopic (exact) mass is 381 g/mol. The van der Waals surface area contributed by atoms with E-state index in [1.807, 2.05) is 44.2 Å². The van der Waals surface area contributed by atoms with E-state index < -0.39 is 6.04 Å². The number of hydrogen-bond acceptors (Lipinski definition) is 3. The number of hydrogen-bond donors (Lipinski definition) is 3. The summed E-state index contributed by atoms with van der Waals surface area (Å²) < 4.78 is 0. The molecule has 1 unspecified atom stereocenters. The van der Waals surface area contributed by atoms with Crippen molar-refractivity contribution >= 4 is 24.2 Å². The molecule has 1 saturated heterocycles. The van der Waals surface area contributed by atoms with Crippen molar-refractivity contribution in [1.82, 2.24) is 16.0 Å². The number of piperidine rings is 1. The van der Waals surface area contributed by atoms with Crippen LogP contribution in [0.25, 0.3) is 0 Å². The van der Waals surface area contributed by atoms with Crippen molar-refractivity contribution in [3.8, 4) is 0 Å². The largest absolute Gasteiger partial charge is 0.354 e. The van der Waals surface area contributed by atoms with Crippen LogP contribution in [0.2, 0.25) is 0 Å². The summed E-state index contributed by atoms with van der Waals surface area (Å²) in [5.41, 5.74) is 1.08. The molecule has 1 aliphatic rings. The number of amides is 2. The molecule has 0 aromatic heterocycles. The summed E-state index contributed by atoms with van der Waals surface area (Å²) in [7, 11) is 0. The maximum Gasteiger partial charge on any atom is 0.242 e. The minimum Gasteiger partial charge on any atom is -0.354 e. The molecule has 0 aliphatic carbocycles. The third kappa shape index (κ3) is 6.96. The lowest BCUT2D eigenvalue weighted by Crippen LogP contribution is -2.52. The zero-order chi connectivity index (χ0) is 18.3. The number of benzene rings is 1. The van der Waals surface area contributed by atoms with Crippen LogP contribution in [-0.4, -0.2) is 37.5 Å². The zero-order valence-corrected chi connectivity index (χ0v) is 16.8. The lowest BCUT2D eigenvalue weighted by Gasteiger charge is -2.35. The molecule has 1 aromatic rings. The smallest absolute Gasteiger partial charge is 0.242 e. The zero-order valence-electron chi connectivity index (χ0n) is 16.0. The Hall–Kier alpha value is -1.59. The highest BCUT2D eigenvalue weighted by Gasteiger charge is 2.30. The Morgan fingerprint density at radius 1 is 1.15 bits per heavy atom. The fourth-order valence-corrected chi connectivity index (χ4v) is 3.16. The molecule has 0 radical (unpaired) electrons. The summed E-state index contributed by atoms with van der Waals surface area (Å²) in [6.45, 7) is 8.78. The van der Waals surface area contributed by atoms with Crippen LogP contribution in [0.1, 0.15) is 39.2 Å². The third-order valence-corrected chi connectivity index (χ3v) is 4.97. The van der Waals surface area contributed by atoms with Gasteiger partial charge in [0.2, 0.25) is 11.8 Å². The van der Waals surface area contributed by atoms with Crippen LogP contribution >= 0.6 is 12.4 Å². The Bertz CT molecular complexity index is 572. The maximum absolute atomic E-state index is 12.6. The first-order chi connectivity index (χ1) is 11.9. The molecule has 0 bridgehead atoms. The van der Waals surface area contributed by atoms with Gasteiger partial charge in [-0.1, -0.05) is 51.1 Å². The second-order valence-corrected chi connectivity index (χ2v) is 7.73. The number of rotatable bonds is 7. The number of carbonyl (C=O) groups excluding carboxylic acids is 2. The first-order valence-corrected chi connectivity index (χ1v) is 9.21. The second kappa shape index (κ2) is 10.5. The molecule has 1 aliphatic heterocycles. The summed E-state index contributed by atoms with van der Waals surface area (Å²) in [5, 5.41) is 9.31. The van der Waals surface area contributed by atoms with E-state index in [4.69, 9.17) is 0 Å². The average molecular weight is 382 g/mol. The van der Waals surface area contributed by atoms with Crippen LogP contribution < -0.4 is 16.0 Å². The number of carbonyl (C=O) groups is 2. The van der Waals surface area contributed by atoms with Gasteiger partial charge in [0.15, 0.2) is 0 Å². The minimum atomic E-state index is -0.499. The van der Waals surface area contributed by atoms with Gasteiger partial charge < -0.3 is 16.0 Å². The molecule has 3 N–H and O–H groups in total. The molecule has 1 atom stereocenters. The number of nitrogens with one attached hydrogen (secondary N) is 3. The molecular formula is C20H32ClN3O2. The van der Waals surface area contributed by atoms with E-state index in [-0.39, 0.29) is 35.6 Å². The summed E-state index contributed by atoms with van der Waals surface area (Å²) in [5.74, 6) is -0.162. The first-order valence-electron chi connectivity index (χ1n) is 9.21. The Morgan fingerprint density at radius 2 is 1.77 bits per heavy atom. The minimum absolute atomic E-state index is 0. The van der Waals surface area contributed by atoms with Crippen molar-refractivity contribution in [2.24, 2.45) is 11.3 Å². The van der Waals surface area contributed by atoms with E-state index in [0.29, 0.717) is 13.0 Å². The maximum atomic E-state index is 12.6. The molecular weight excluding hydrogens is 350 g/mol. The third-order valence-electron chi connectivity index (χ3n) is 4.97. The fraction of sp³-hybridized carbons (Fsp3) is 0.600. The molecule has 5 nitrogen and oxygen atoms in total. The second-order valence-electron chi connectivity index (χ2n) is 7.73. The average Bonchev–Trinajstić information content (AvgIpc) is 2.59. The molecule has 2 amide bonds. The highest BCUT2D eigenvalue weighted by Crippen LogP contribution is 2.26. The Balaban J connectivity index is 0.00000338. The normalized spacial score (nSPS) is 17.1. The molecule has 2 rings (SSSR count). The Kier molecular flexibility index (Phi) is 9.09. The molecule has 1 aromatic carbocycles. The van der Waals surface area contributed by atoms with Crippen LogP contribution in [0.15, 0.2) is 30.3 Å². The van der Waals surface area contributed by atoms with E-state index in [0.717, 1.165) is 31.5 Å². The van der Waals surface area contributed by atoms with Crippen molar-refractivity contribution in [3.05, 3.63) is 35.9 Å². The highest BCUT2D eigenvalue weighted by atomic mass is 35.5. The van der Waals surface area contributed by atoms with Crippen LogP contribution in [0.4, 0.5) is 0 Å². The van der Waals surface area contributed by atoms with E-state index >= 15 is 0 Å². The molecule has 0 saturated carbocycles. The molecule has 1 heterocycles. The van der Waals surface area contributed by atoms with Crippen molar-refractivity contribution < 1.29 is 9.59 Å². The summed E-state index contributed by atoms with van der Waals surface area (Å²) in [4.78, 5) is 24.9. The standard InChI is InChI=1S/C20H31N3O2.ClH/c1-15(2)18(23-17(24)13-16-7-5-4-6-8-16)19(25)22-14-20(3)9-11-21-12-10-20;/h4-8,15,18,21H,9-14H2,1-3H3,(H,22,25)(H,23,24);1H. The van der Waals surface area contributed by atoms with Crippen molar-refractivity contribution in [1.29, 1.82) is 0 Å². The Morgan fingerprint density at radius 3 is 2.35 bits per heavy atom. The van der Waals surface area contributed by atoms with Gasteiger partial charge in [-0.15, -0.1) is 12.4 Å². The van der Waals surface area contributed by atoms with Crippen molar-refractivity contribution in [3.63, 3.8) is 0 Å². The quantitative estimate of drug-likeness (QED) is 0.678. The van der Waals surface area contributed by atoms with Crippen LogP contribution in [-0.2, 0) is 16.0 Å². The highest BCUT2D eigenvalue weighted by molar-refractivity contribution is 5.88. The van der Waals surface area contributed by atoms with Gasteiger partial charge in [0, 0.05) is 6.54 Å². The first kappa shape index (κ1) is 22.5. The molecule has 1 fully saturated rings. The lowest BCUT2D eigenvalue weighted by molar-refractivity contribution is -0.130. The summed E-state index contributed by atoms with van der Waals surface area (Å²) in [6.07, 6.45) is 2.40. The van der Waals surface area contributed by atoms with Crippen LogP contribution in [0.3, 0.4) is 0 Å². The van der Waals surface area contributed by atoms with Gasteiger partial charge in [0.25, 0.3) is 0 Å². The lowest BCUT2D eigenvalue weighted by atomic mass is 9.81. The van der Waals surface area contributed by atoms with Crippen LogP contribution in [0.5, 0.6) is 0 Å². The van der Waals surface area contributed by atoms with Gasteiger partial charge in [-0.25, -0.2) is 0 Å². The van der Waals surface area contributed by atoms with Gasteiger partial charge in [0.1, 0.15) is 6.04 Å². The molecule has 6 heteroatoms. The van der Waals surface area contributed by atoms with E-state index in [1.165, 1.54) is 0 Å². The van der Waals surface area contributed by atoms with Crippen molar-refractivity contribution in [2.75, 3.05) is 19.6 Å². The number of halogens is 1. The van der Waals surface area contributed by atoms with Gasteiger partial charge in [0.05, 0.1) is 6.42 Å². The molecule has 0 spiro atoms. The van der Waals surface area contributed by atoms with Crippen LogP contribution in [0, 0.1) is 11.3 Å². The van der Waals surface area contributed by atoms with Gasteiger partial charge in [-0.2, -0.15) is 0 Å². The van der Waals surface area contributed by atoms with E-state index in [1.54, 1.807) is 0 Å². The van der Waals surface area contributed by atoms with Gasteiger partial charge in [-0.05, 0) is 42.8 Å². The summed E-state index contributed by atoms with van der Waals surface area (Å²) >= 11 is 0. The summed E-state index contributed by atoms with van der Waals surface area (Å²) in [6, 6.07) is 9.09. The van der Waals surface area contributed by atoms with Crippen molar-refractivity contribution in [2.45, 2.75) is 46.1 Å². The van der Waals surface area contributed by atoms with E-state index in [9.17, 15) is 9.59 Å². The SMILES string of the molecule is CC(C)C(NC(=O)Cc1ccccc1)C(=O)NCC1(C)CCNCC1.Cl. The molecule has 26 heavy (non-hydrogen) atoms. The molecule has 146 valence electrons. The fourth-order valence-electron chi connectivity index (χ4n) is 3.16. The van der Waals surface area contributed by atoms with E-state index in [2.05, 4.69) is 22.9 Å². The Labute approximate surface area is 163 Å². The predicted molar refractivity (Wildman–Crippen MR) is 107 cm³/mol.